The van der Waals surface area contributed by atoms with Crippen LogP contribution in [0.2, 0.25) is 0 Å². The molecule has 7 aliphatic carbocycles. The van der Waals surface area contributed by atoms with Crippen molar-refractivity contribution in [3.8, 4) is 0 Å². The van der Waals surface area contributed by atoms with E-state index in [1.54, 1.807) is 22.3 Å². The van der Waals surface area contributed by atoms with Crippen molar-refractivity contribution in [2.75, 3.05) is 0 Å². The Morgan fingerprint density at radius 1 is 0.489 bits per heavy atom. The monoisotopic (exact) mass is 688 g/mol. The standard InChI is InChI=1S/C33H37.5C2H6.CH4.Y/c1-3-11-20-18(9-1)26-17-27-19-10-2-4-12-21(19)29-23-14-6-8-16-25(23)30-24-15-7-5-13-22(24)28(20)31(26)33(30)32(27)29;5*1-2;;/h1-4,9-12,22-29,31-33H,5-8,13-17H2;5*1-2H3;1H4;/q-1;;;;;;;. The second kappa shape index (κ2) is 18.9. The van der Waals surface area contributed by atoms with Crippen LogP contribution < -0.4 is 0 Å². The summed E-state index contributed by atoms with van der Waals surface area (Å²) in [4.78, 5) is 0. The molecule has 7 aliphatic rings. The van der Waals surface area contributed by atoms with Gasteiger partial charge in [-0.25, -0.2) is 0 Å². The average molecular weight is 689 g/mol. The molecule has 0 saturated heterocycles. The van der Waals surface area contributed by atoms with Crippen molar-refractivity contribution in [2.24, 2.45) is 41.4 Å². The summed E-state index contributed by atoms with van der Waals surface area (Å²) in [6.45, 7) is 20.0. The minimum atomic E-state index is 0. The van der Waals surface area contributed by atoms with E-state index in [1.165, 1.54) is 57.8 Å². The van der Waals surface area contributed by atoms with Crippen LogP contribution in [0, 0.1) is 47.3 Å². The summed E-state index contributed by atoms with van der Waals surface area (Å²) in [6.07, 6.45) is 13.5. The van der Waals surface area contributed by atoms with Crippen LogP contribution in [0.25, 0.3) is 0 Å². The van der Waals surface area contributed by atoms with Crippen LogP contribution in [0.15, 0.2) is 48.5 Å². The molecule has 0 aliphatic heterocycles. The first kappa shape index (κ1) is 40.7. The SMILES string of the molecule is C.CC.CC.CC.CC.CC.[Y].c1ccc2c(c1)C1CC3c4ccccc4C4C5CCCCC5[C-]5C6CCCCC6C2C1C5C34. The molecule has 0 heterocycles. The van der Waals surface area contributed by atoms with E-state index in [0.29, 0.717) is 0 Å². The quantitative estimate of drug-likeness (QED) is 0.242. The van der Waals surface area contributed by atoms with Gasteiger partial charge in [0.2, 0.25) is 0 Å². The van der Waals surface area contributed by atoms with Crippen molar-refractivity contribution < 1.29 is 32.7 Å². The van der Waals surface area contributed by atoms with Crippen LogP contribution in [0.4, 0.5) is 0 Å². The van der Waals surface area contributed by atoms with E-state index >= 15 is 0 Å². The largest absolute Gasteiger partial charge is 0.303 e. The van der Waals surface area contributed by atoms with Crippen LogP contribution in [0.5, 0.6) is 0 Å². The Hall–Kier alpha value is -0.456. The molecule has 1 heteroatoms. The minimum absolute atomic E-state index is 0. The zero-order valence-electron chi connectivity index (χ0n) is 30.4. The molecule has 9 rings (SSSR count). The summed E-state index contributed by atoms with van der Waals surface area (Å²) in [5.74, 6) is 12.2. The Labute approximate surface area is 307 Å². The molecule has 251 valence electrons. The summed E-state index contributed by atoms with van der Waals surface area (Å²) < 4.78 is 0. The van der Waals surface area contributed by atoms with Crippen molar-refractivity contribution in [1.82, 2.24) is 0 Å². The second-order valence-electron chi connectivity index (χ2n) is 13.0. The fourth-order valence-corrected chi connectivity index (χ4v) is 11.9. The van der Waals surface area contributed by atoms with E-state index < -0.39 is 0 Å². The van der Waals surface area contributed by atoms with Gasteiger partial charge in [-0.1, -0.05) is 200 Å². The molecule has 10 atom stereocenters. The van der Waals surface area contributed by atoms with Gasteiger partial charge in [-0.3, -0.25) is 0 Å². The maximum Gasteiger partial charge on any atom is 0 e. The van der Waals surface area contributed by atoms with E-state index in [0.717, 1.165) is 65.1 Å². The molecule has 0 spiro atoms. The van der Waals surface area contributed by atoms with Crippen molar-refractivity contribution in [3.63, 3.8) is 0 Å². The van der Waals surface area contributed by atoms with Gasteiger partial charge < -0.3 is 5.92 Å². The van der Waals surface area contributed by atoms with Gasteiger partial charge in [0.05, 0.1) is 0 Å². The van der Waals surface area contributed by atoms with Gasteiger partial charge in [-0.2, -0.15) is 17.8 Å². The van der Waals surface area contributed by atoms with Gasteiger partial charge in [-0.15, -0.1) is 0 Å². The average Bonchev–Trinajstić information content (AvgIpc) is 3.64. The molecule has 5 saturated carbocycles. The Bertz CT molecular complexity index is 1030. The fraction of sp³-hybridized carbons (Fsp3) is 0.705. The van der Waals surface area contributed by atoms with E-state index in [1.807, 2.05) is 69.2 Å². The third kappa shape index (κ3) is 6.50. The molecule has 5 fully saturated rings. The molecule has 0 aromatic heterocycles. The first-order valence-corrected chi connectivity index (χ1v) is 19.5. The number of fused-ring (bicyclic) bond motifs is 12. The fourth-order valence-electron chi connectivity index (χ4n) is 11.9. The predicted molar refractivity (Wildman–Crippen MR) is 197 cm³/mol. The van der Waals surface area contributed by atoms with E-state index in [2.05, 4.69) is 54.4 Å². The van der Waals surface area contributed by atoms with Crippen molar-refractivity contribution in [1.29, 1.82) is 0 Å². The van der Waals surface area contributed by atoms with Gasteiger partial charge in [0.25, 0.3) is 0 Å². The summed E-state index contributed by atoms with van der Waals surface area (Å²) in [5.41, 5.74) is 7.17. The molecule has 0 bridgehead atoms. The molecule has 0 N–H and O–H groups in total. The Morgan fingerprint density at radius 3 is 1.20 bits per heavy atom. The van der Waals surface area contributed by atoms with Gasteiger partial charge >= 0.3 is 0 Å². The third-order valence-corrected chi connectivity index (χ3v) is 12.4. The van der Waals surface area contributed by atoms with Crippen molar-refractivity contribution in [3.05, 3.63) is 76.7 Å². The van der Waals surface area contributed by atoms with Crippen LogP contribution in [0.1, 0.15) is 180 Å². The Morgan fingerprint density at radius 2 is 0.822 bits per heavy atom. The Kier molecular flexibility index (Phi) is 17.1. The van der Waals surface area contributed by atoms with E-state index in [9.17, 15) is 0 Å². The summed E-state index contributed by atoms with van der Waals surface area (Å²) in [5, 5.41) is 0. The second-order valence-corrected chi connectivity index (χ2v) is 13.0. The molecule has 0 nitrogen and oxygen atoms in total. The summed E-state index contributed by atoms with van der Waals surface area (Å²) in [7, 11) is 0. The maximum absolute atomic E-state index is 2.57. The molecule has 2 aromatic carbocycles. The van der Waals surface area contributed by atoms with Crippen LogP contribution in [0.3, 0.4) is 0 Å². The smallest absolute Gasteiger partial charge is 0 e. The third-order valence-electron chi connectivity index (χ3n) is 12.4. The zero-order chi connectivity index (χ0) is 31.3. The predicted octanol–water partition coefficient (Wildman–Crippen LogP) is 14.0. The maximum atomic E-state index is 2.57. The van der Waals surface area contributed by atoms with E-state index in [4.69, 9.17) is 0 Å². The molecule has 1 radical (unpaired) electrons. The van der Waals surface area contributed by atoms with Gasteiger partial charge in [0.15, 0.2) is 0 Å². The van der Waals surface area contributed by atoms with Crippen LogP contribution in [-0.2, 0) is 32.7 Å². The molecule has 2 aromatic rings. The summed E-state index contributed by atoms with van der Waals surface area (Å²) >= 11 is 0. The molecular formula is C44H71Y-. The Balaban J connectivity index is 0.000000542. The molecule has 0 amide bonds. The zero-order valence-corrected chi connectivity index (χ0v) is 33.2. The molecular weight excluding hydrogens is 617 g/mol. The van der Waals surface area contributed by atoms with Crippen LogP contribution >= 0.6 is 0 Å². The van der Waals surface area contributed by atoms with Crippen LogP contribution in [-0.4, -0.2) is 0 Å². The van der Waals surface area contributed by atoms with Crippen molar-refractivity contribution in [2.45, 2.75) is 158 Å². The van der Waals surface area contributed by atoms with Gasteiger partial charge in [0, 0.05) is 32.7 Å². The number of hydrogen-bond donors (Lipinski definition) is 0. The first-order valence-electron chi connectivity index (χ1n) is 19.5. The first-order chi connectivity index (χ1) is 21.4. The van der Waals surface area contributed by atoms with Gasteiger partial charge in [0.1, 0.15) is 0 Å². The summed E-state index contributed by atoms with van der Waals surface area (Å²) in [6, 6.07) is 19.7. The van der Waals surface area contributed by atoms with Crippen molar-refractivity contribution >= 4 is 0 Å². The normalized spacial score (nSPS) is 36.1. The molecule has 45 heavy (non-hydrogen) atoms. The van der Waals surface area contributed by atoms with E-state index in [-0.39, 0.29) is 40.1 Å². The molecule has 10 unspecified atom stereocenters. The number of hydrogen-bond acceptors (Lipinski definition) is 0. The van der Waals surface area contributed by atoms with Gasteiger partial charge in [-0.05, 0) is 52.3 Å². The number of rotatable bonds is 0. The minimum Gasteiger partial charge on any atom is -0.303 e. The topological polar surface area (TPSA) is 0 Å². The number of benzene rings is 2.